The lowest BCUT2D eigenvalue weighted by Gasteiger charge is -2.07. The second kappa shape index (κ2) is 8.12. The minimum absolute atomic E-state index is 0.157. The molecule has 0 aliphatic carbocycles. The quantitative estimate of drug-likeness (QED) is 0.577. The SMILES string of the molecule is CSc1ccc(Cl)c(C(=O)Nc2ccn(Cc3c(F)cccc3Cl)n2)c1. The van der Waals surface area contributed by atoms with Gasteiger partial charge in [0.1, 0.15) is 5.82 Å². The topological polar surface area (TPSA) is 46.9 Å². The van der Waals surface area contributed by atoms with Gasteiger partial charge in [-0.2, -0.15) is 5.10 Å². The summed E-state index contributed by atoms with van der Waals surface area (Å²) >= 11 is 13.7. The maximum Gasteiger partial charge on any atom is 0.258 e. The van der Waals surface area contributed by atoms with Gasteiger partial charge in [0, 0.05) is 27.7 Å². The lowest BCUT2D eigenvalue weighted by Crippen LogP contribution is -2.13. The minimum Gasteiger partial charge on any atom is -0.305 e. The maximum absolute atomic E-state index is 13.9. The van der Waals surface area contributed by atoms with Gasteiger partial charge in [0.25, 0.3) is 5.91 Å². The van der Waals surface area contributed by atoms with Crippen molar-refractivity contribution < 1.29 is 9.18 Å². The first-order valence-corrected chi connectivity index (χ1v) is 9.57. The van der Waals surface area contributed by atoms with Crippen molar-refractivity contribution in [3.8, 4) is 0 Å². The molecule has 0 aliphatic rings. The third-order valence-corrected chi connectivity index (χ3v) is 5.09. The number of hydrogen-bond donors (Lipinski definition) is 1. The predicted octanol–water partition coefficient (Wildman–Crippen LogP) is 5.35. The van der Waals surface area contributed by atoms with Crippen molar-refractivity contribution in [3.05, 3.63) is 75.7 Å². The number of nitrogens with one attached hydrogen (secondary N) is 1. The Balaban J connectivity index is 1.75. The van der Waals surface area contributed by atoms with Crippen LogP contribution in [0.15, 0.2) is 53.6 Å². The normalized spacial score (nSPS) is 10.8. The summed E-state index contributed by atoms with van der Waals surface area (Å²) in [5.41, 5.74) is 0.705. The lowest BCUT2D eigenvalue weighted by molar-refractivity contribution is 0.102. The molecule has 0 bridgehead atoms. The number of nitrogens with zero attached hydrogens (tertiary/aromatic N) is 2. The van der Waals surface area contributed by atoms with Crippen molar-refractivity contribution in [1.29, 1.82) is 0 Å². The fourth-order valence-corrected chi connectivity index (χ4v) is 3.22. The molecule has 1 N–H and O–H groups in total. The molecule has 2 aromatic carbocycles. The Morgan fingerprint density at radius 2 is 2.04 bits per heavy atom. The highest BCUT2D eigenvalue weighted by Gasteiger charge is 2.14. The summed E-state index contributed by atoms with van der Waals surface area (Å²) in [7, 11) is 0. The van der Waals surface area contributed by atoms with Crippen molar-refractivity contribution in [2.75, 3.05) is 11.6 Å². The molecule has 0 unspecified atom stereocenters. The largest absolute Gasteiger partial charge is 0.305 e. The standard InChI is InChI=1S/C18H14Cl2FN3OS/c1-26-11-5-6-15(20)12(9-11)18(25)22-17-7-8-24(23-17)10-13-14(19)3-2-4-16(13)21/h2-9H,10H2,1H3,(H,22,23,25). The number of carbonyl (C=O) groups is 1. The van der Waals surface area contributed by atoms with E-state index in [1.165, 1.54) is 22.5 Å². The molecule has 0 spiro atoms. The first-order valence-electron chi connectivity index (χ1n) is 7.59. The van der Waals surface area contributed by atoms with Crippen molar-refractivity contribution in [2.24, 2.45) is 0 Å². The van der Waals surface area contributed by atoms with Gasteiger partial charge < -0.3 is 5.32 Å². The number of amides is 1. The summed E-state index contributed by atoms with van der Waals surface area (Å²) in [6.45, 7) is 0.157. The van der Waals surface area contributed by atoms with E-state index in [2.05, 4.69) is 10.4 Å². The second-order valence-electron chi connectivity index (χ2n) is 5.40. The van der Waals surface area contributed by atoms with Crippen LogP contribution in [-0.4, -0.2) is 21.9 Å². The van der Waals surface area contributed by atoms with Gasteiger partial charge in [0.05, 0.1) is 17.1 Å². The lowest BCUT2D eigenvalue weighted by atomic mass is 10.2. The van der Waals surface area contributed by atoms with Gasteiger partial charge in [-0.25, -0.2) is 4.39 Å². The smallest absolute Gasteiger partial charge is 0.258 e. The number of aromatic nitrogens is 2. The van der Waals surface area contributed by atoms with Crippen LogP contribution in [0, 0.1) is 5.82 Å². The minimum atomic E-state index is -0.403. The highest BCUT2D eigenvalue weighted by molar-refractivity contribution is 7.98. The number of thioether (sulfide) groups is 1. The van der Waals surface area contributed by atoms with E-state index in [1.54, 1.807) is 36.5 Å². The third-order valence-electron chi connectivity index (χ3n) is 3.68. The Kier molecular flexibility index (Phi) is 5.86. The van der Waals surface area contributed by atoms with Crippen LogP contribution in [0.1, 0.15) is 15.9 Å². The Hall–Kier alpha value is -2.02. The number of anilines is 1. The van der Waals surface area contributed by atoms with Crippen molar-refractivity contribution in [3.63, 3.8) is 0 Å². The maximum atomic E-state index is 13.9. The summed E-state index contributed by atoms with van der Waals surface area (Å²) in [4.78, 5) is 13.4. The fraction of sp³-hybridized carbons (Fsp3) is 0.111. The molecule has 0 radical (unpaired) electrons. The number of benzene rings is 2. The molecule has 4 nitrogen and oxygen atoms in total. The first kappa shape index (κ1) is 18.8. The first-order chi connectivity index (χ1) is 12.5. The molecule has 3 aromatic rings. The van der Waals surface area contributed by atoms with Crippen molar-refractivity contribution in [2.45, 2.75) is 11.4 Å². The van der Waals surface area contributed by atoms with Gasteiger partial charge >= 0.3 is 0 Å². The average Bonchev–Trinajstić information content (AvgIpc) is 3.05. The van der Waals surface area contributed by atoms with Crippen LogP contribution in [-0.2, 0) is 6.54 Å². The van der Waals surface area contributed by atoms with E-state index in [0.29, 0.717) is 27.0 Å². The molecule has 0 saturated heterocycles. The van der Waals surface area contributed by atoms with Crippen LogP contribution in [0.2, 0.25) is 10.0 Å². The van der Waals surface area contributed by atoms with Crippen LogP contribution in [0.25, 0.3) is 0 Å². The zero-order valence-electron chi connectivity index (χ0n) is 13.7. The summed E-state index contributed by atoms with van der Waals surface area (Å²) in [6.07, 6.45) is 3.55. The molecular formula is C18H14Cl2FN3OS. The molecule has 0 fully saturated rings. The zero-order valence-corrected chi connectivity index (χ0v) is 16.0. The van der Waals surface area contributed by atoms with E-state index in [4.69, 9.17) is 23.2 Å². The van der Waals surface area contributed by atoms with Crippen LogP contribution in [0.4, 0.5) is 10.2 Å². The number of rotatable bonds is 5. The number of halogens is 3. The molecule has 1 amide bonds. The molecular weight excluding hydrogens is 396 g/mol. The molecule has 3 rings (SSSR count). The molecule has 26 heavy (non-hydrogen) atoms. The van der Waals surface area contributed by atoms with Crippen molar-refractivity contribution >= 4 is 46.7 Å². The van der Waals surface area contributed by atoms with Gasteiger partial charge in [-0.05, 0) is 36.6 Å². The summed E-state index contributed by atoms with van der Waals surface area (Å²) < 4.78 is 15.4. The highest BCUT2D eigenvalue weighted by atomic mass is 35.5. The van der Waals surface area contributed by atoms with Gasteiger partial charge in [-0.1, -0.05) is 29.3 Å². The van der Waals surface area contributed by atoms with Crippen LogP contribution >= 0.6 is 35.0 Å². The highest BCUT2D eigenvalue weighted by Crippen LogP contribution is 2.24. The number of hydrogen-bond acceptors (Lipinski definition) is 3. The van der Waals surface area contributed by atoms with E-state index in [-0.39, 0.29) is 12.5 Å². The molecule has 0 saturated carbocycles. The predicted molar refractivity (Wildman–Crippen MR) is 104 cm³/mol. The average molecular weight is 410 g/mol. The van der Waals surface area contributed by atoms with E-state index in [0.717, 1.165) is 4.90 Å². The molecule has 1 aromatic heterocycles. The molecule has 0 aliphatic heterocycles. The Morgan fingerprint density at radius 3 is 2.77 bits per heavy atom. The Bertz CT molecular complexity index is 941. The van der Waals surface area contributed by atoms with Crippen LogP contribution in [0.3, 0.4) is 0 Å². The Morgan fingerprint density at radius 1 is 1.23 bits per heavy atom. The van der Waals surface area contributed by atoms with Gasteiger partial charge in [-0.15, -0.1) is 11.8 Å². The van der Waals surface area contributed by atoms with Crippen molar-refractivity contribution in [1.82, 2.24) is 9.78 Å². The van der Waals surface area contributed by atoms with E-state index < -0.39 is 5.82 Å². The Labute approximate surface area is 164 Å². The fourth-order valence-electron chi connectivity index (χ4n) is 2.35. The van der Waals surface area contributed by atoms with E-state index in [1.807, 2.05) is 12.3 Å². The van der Waals surface area contributed by atoms with Crippen LogP contribution < -0.4 is 5.32 Å². The zero-order chi connectivity index (χ0) is 18.7. The molecule has 0 atom stereocenters. The summed E-state index contributed by atoms with van der Waals surface area (Å²) in [5, 5.41) is 7.62. The van der Waals surface area contributed by atoms with Gasteiger partial charge in [0.2, 0.25) is 0 Å². The summed E-state index contributed by atoms with van der Waals surface area (Å²) in [5.74, 6) is -0.424. The summed E-state index contributed by atoms with van der Waals surface area (Å²) in [6, 6.07) is 11.4. The van der Waals surface area contributed by atoms with Gasteiger partial charge in [0.15, 0.2) is 5.82 Å². The molecule has 134 valence electrons. The second-order valence-corrected chi connectivity index (χ2v) is 7.09. The van der Waals surface area contributed by atoms with E-state index in [9.17, 15) is 9.18 Å². The van der Waals surface area contributed by atoms with Crippen LogP contribution in [0.5, 0.6) is 0 Å². The van der Waals surface area contributed by atoms with Gasteiger partial charge in [-0.3, -0.25) is 9.48 Å². The molecule has 1 heterocycles. The third kappa shape index (κ3) is 4.20. The monoisotopic (exact) mass is 409 g/mol. The molecule has 8 heteroatoms. The number of carbonyl (C=O) groups excluding carboxylic acids is 1. The van der Waals surface area contributed by atoms with E-state index >= 15 is 0 Å².